The van der Waals surface area contributed by atoms with Gasteiger partial charge in [-0.05, 0) is 48.4 Å². The van der Waals surface area contributed by atoms with Crippen LogP contribution in [0.1, 0.15) is 21.6 Å². The van der Waals surface area contributed by atoms with Crippen LogP contribution in [0.15, 0.2) is 60.9 Å². The average molecular weight is 373 g/mol. The Kier molecular flexibility index (Phi) is 6.16. The first-order valence-corrected chi connectivity index (χ1v) is 8.68. The van der Waals surface area contributed by atoms with Gasteiger partial charge in [0.1, 0.15) is 17.3 Å². The van der Waals surface area contributed by atoms with Crippen molar-refractivity contribution >= 4 is 17.4 Å². The number of carbonyl (C=O) groups excluding carboxylic acids is 1. The van der Waals surface area contributed by atoms with Gasteiger partial charge in [0.05, 0.1) is 31.1 Å². The summed E-state index contributed by atoms with van der Waals surface area (Å²) in [5.74, 6) is 1.06. The quantitative estimate of drug-likeness (QED) is 0.659. The van der Waals surface area contributed by atoms with Crippen LogP contribution in [0.3, 0.4) is 0 Å². The maximum Gasteiger partial charge on any atom is 0.275 e. The number of benzene rings is 2. The smallest absolute Gasteiger partial charge is 0.275 e. The van der Waals surface area contributed by atoms with Crippen molar-refractivity contribution < 1.29 is 9.53 Å². The van der Waals surface area contributed by atoms with Gasteiger partial charge >= 0.3 is 0 Å². The molecule has 0 saturated carbocycles. The summed E-state index contributed by atoms with van der Waals surface area (Å²) in [5, 5.41) is 14.7. The van der Waals surface area contributed by atoms with Gasteiger partial charge in [0, 0.05) is 12.2 Å². The fourth-order valence-electron chi connectivity index (χ4n) is 2.52. The third-order valence-electron chi connectivity index (χ3n) is 4.01. The fourth-order valence-corrected chi connectivity index (χ4v) is 2.52. The van der Waals surface area contributed by atoms with E-state index in [-0.39, 0.29) is 11.6 Å². The van der Waals surface area contributed by atoms with Gasteiger partial charge in [0.25, 0.3) is 5.91 Å². The van der Waals surface area contributed by atoms with E-state index in [0.717, 1.165) is 17.7 Å². The molecule has 0 bridgehead atoms. The van der Waals surface area contributed by atoms with Crippen molar-refractivity contribution in [2.45, 2.75) is 6.42 Å². The Bertz CT molecular complexity index is 979. The molecule has 0 aliphatic carbocycles. The third kappa shape index (κ3) is 5.05. The number of amides is 1. The van der Waals surface area contributed by atoms with Crippen molar-refractivity contribution in [3.63, 3.8) is 0 Å². The highest BCUT2D eigenvalue weighted by molar-refractivity contribution is 6.02. The molecule has 0 unspecified atom stereocenters. The van der Waals surface area contributed by atoms with E-state index in [0.29, 0.717) is 23.6 Å². The minimum Gasteiger partial charge on any atom is -0.497 e. The molecular weight excluding hydrogens is 354 g/mol. The summed E-state index contributed by atoms with van der Waals surface area (Å²) < 4.78 is 5.21. The lowest BCUT2D eigenvalue weighted by atomic mass is 10.1. The van der Waals surface area contributed by atoms with E-state index in [1.165, 1.54) is 12.4 Å². The molecule has 1 amide bonds. The molecule has 0 aliphatic heterocycles. The third-order valence-corrected chi connectivity index (χ3v) is 4.01. The van der Waals surface area contributed by atoms with Crippen LogP contribution in [-0.2, 0) is 6.42 Å². The summed E-state index contributed by atoms with van der Waals surface area (Å²) in [6.07, 6.45) is 3.76. The second kappa shape index (κ2) is 9.14. The van der Waals surface area contributed by atoms with Gasteiger partial charge in [-0.15, -0.1) is 0 Å². The fraction of sp³-hybridized carbons (Fsp3) is 0.143. The normalized spacial score (nSPS) is 10.0. The number of nitrogens with one attached hydrogen (secondary N) is 2. The Morgan fingerprint density at radius 2 is 1.96 bits per heavy atom. The molecule has 2 aromatic carbocycles. The molecule has 3 rings (SSSR count). The van der Waals surface area contributed by atoms with Crippen molar-refractivity contribution in [1.29, 1.82) is 5.26 Å². The molecule has 0 atom stereocenters. The number of hydrogen-bond acceptors (Lipinski definition) is 6. The zero-order valence-electron chi connectivity index (χ0n) is 15.3. The number of anilines is 2. The molecule has 0 fully saturated rings. The summed E-state index contributed by atoms with van der Waals surface area (Å²) in [6.45, 7) is 0.679. The van der Waals surface area contributed by atoms with Gasteiger partial charge in [0.15, 0.2) is 0 Å². The lowest BCUT2D eigenvalue weighted by Gasteiger charge is -2.08. The van der Waals surface area contributed by atoms with Gasteiger partial charge in [-0.25, -0.2) is 9.97 Å². The van der Waals surface area contributed by atoms with Crippen LogP contribution in [0, 0.1) is 11.3 Å². The summed E-state index contributed by atoms with van der Waals surface area (Å²) in [7, 11) is 1.64. The molecule has 7 nitrogen and oxygen atoms in total. The van der Waals surface area contributed by atoms with Crippen LogP contribution >= 0.6 is 0 Å². The molecule has 2 N–H and O–H groups in total. The first-order valence-electron chi connectivity index (χ1n) is 8.68. The first kappa shape index (κ1) is 18.9. The molecule has 0 radical (unpaired) electrons. The number of nitrogens with zero attached hydrogens (tertiary/aromatic N) is 3. The largest absolute Gasteiger partial charge is 0.497 e. The van der Waals surface area contributed by atoms with Crippen molar-refractivity contribution in [2.75, 3.05) is 24.3 Å². The zero-order chi connectivity index (χ0) is 19.8. The molecule has 0 saturated heterocycles. The highest BCUT2D eigenvalue weighted by Gasteiger charge is 2.08. The van der Waals surface area contributed by atoms with E-state index in [9.17, 15) is 4.79 Å². The van der Waals surface area contributed by atoms with E-state index >= 15 is 0 Å². The monoisotopic (exact) mass is 373 g/mol. The number of rotatable bonds is 7. The maximum atomic E-state index is 12.2. The Morgan fingerprint density at radius 1 is 1.14 bits per heavy atom. The van der Waals surface area contributed by atoms with Crippen LogP contribution in [0.25, 0.3) is 0 Å². The molecule has 3 aromatic rings. The van der Waals surface area contributed by atoms with Gasteiger partial charge in [-0.3, -0.25) is 4.79 Å². The highest BCUT2D eigenvalue weighted by Crippen LogP contribution is 2.13. The molecule has 140 valence electrons. The number of hydrogen-bond donors (Lipinski definition) is 2. The molecular formula is C21H19N5O2. The van der Waals surface area contributed by atoms with E-state index in [2.05, 4.69) is 20.6 Å². The predicted molar refractivity (Wildman–Crippen MR) is 106 cm³/mol. The van der Waals surface area contributed by atoms with Gasteiger partial charge < -0.3 is 15.4 Å². The summed E-state index contributed by atoms with van der Waals surface area (Å²) in [6, 6.07) is 16.5. The molecule has 1 aromatic heterocycles. The Labute approximate surface area is 163 Å². The molecule has 7 heteroatoms. The Hall–Kier alpha value is -3.92. The van der Waals surface area contributed by atoms with Gasteiger partial charge in [0.2, 0.25) is 0 Å². The van der Waals surface area contributed by atoms with Crippen LogP contribution in [-0.4, -0.2) is 29.5 Å². The van der Waals surface area contributed by atoms with E-state index < -0.39 is 0 Å². The predicted octanol–water partition coefficient (Wildman–Crippen LogP) is 3.26. The Balaban J connectivity index is 1.52. The highest BCUT2D eigenvalue weighted by atomic mass is 16.5. The van der Waals surface area contributed by atoms with Crippen LogP contribution in [0.2, 0.25) is 0 Å². The lowest BCUT2D eigenvalue weighted by molar-refractivity contribution is 0.102. The van der Waals surface area contributed by atoms with E-state index in [4.69, 9.17) is 10.00 Å². The van der Waals surface area contributed by atoms with Crippen LogP contribution in [0.5, 0.6) is 5.75 Å². The van der Waals surface area contributed by atoms with Crippen LogP contribution in [0.4, 0.5) is 11.5 Å². The summed E-state index contributed by atoms with van der Waals surface area (Å²) in [5.41, 5.74) is 2.48. The zero-order valence-corrected chi connectivity index (χ0v) is 15.3. The number of carbonyl (C=O) groups is 1. The first-order chi connectivity index (χ1) is 13.7. The van der Waals surface area contributed by atoms with Gasteiger partial charge in [-0.2, -0.15) is 5.26 Å². The average Bonchev–Trinajstić information content (AvgIpc) is 2.75. The van der Waals surface area contributed by atoms with Crippen LogP contribution < -0.4 is 15.4 Å². The van der Waals surface area contributed by atoms with Crippen molar-refractivity contribution in [3.05, 3.63) is 77.7 Å². The molecule has 0 aliphatic rings. The summed E-state index contributed by atoms with van der Waals surface area (Å²) in [4.78, 5) is 20.6. The second-order valence-electron chi connectivity index (χ2n) is 5.96. The van der Waals surface area contributed by atoms with E-state index in [1.54, 1.807) is 31.4 Å². The number of aromatic nitrogens is 2. The molecule has 0 spiro atoms. The number of methoxy groups -OCH3 is 1. The van der Waals surface area contributed by atoms with E-state index in [1.807, 2.05) is 30.3 Å². The van der Waals surface area contributed by atoms with Crippen molar-refractivity contribution in [3.8, 4) is 11.8 Å². The SMILES string of the molecule is COc1cccc(CCNc2cnc(C(=O)Nc3ccc(C#N)cc3)cn2)c1. The second-order valence-corrected chi connectivity index (χ2v) is 5.96. The maximum absolute atomic E-state index is 12.2. The number of ether oxygens (including phenoxy) is 1. The molecule has 1 heterocycles. The van der Waals surface area contributed by atoms with Gasteiger partial charge in [-0.1, -0.05) is 12.1 Å². The van der Waals surface area contributed by atoms with Crippen molar-refractivity contribution in [1.82, 2.24) is 9.97 Å². The lowest BCUT2D eigenvalue weighted by Crippen LogP contribution is -2.15. The van der Waals surface area contributed by atoms with Crippen molar-refractivity contribution in [2.24, 2.45) is 0 Å². The minimum atomic E-state index is -0.361. The summed E-state index contributed by atoms with van der Waals surface area (Å²) >= 11 is 0. The molecule has 28 heavy (non-hydrogen) atoms. The Morgan fingerprint density at radius 3 is 2.64 bits per heavy atom. The number of nitriles is 1. The minimum absolute atomic E-state index is 0.211. The topological polar surface area (TPSA) is 99.9 Å². The standard InChI is InChI=1S/C21H19N5O2/c1-28-18-4-2-3-15(11-18)9-10-23-20-14-24-19(13-25-20)21(27)26-17-7-5-16(12-22)6-8-17/h2-8,11,13-14H,9-10H2,1H3,(H,23,25)(H,26,27).